The third kappa shape index (κ3) is 4.82. The largest absolute Gasteiger partial charge is 0.381 e. The van der Waals surface area contributed by atoms with Crippen molar-refractivity contribution in [1.29, 1.82) is 0 Å². The fourth-order valence-electron chi connectivity index (χ4n) is 4.22. The molecule has 0 spiro atoms. The van der Waals surface area contributed by atoms with E-state index in [0.717, 1.165) is 48.7 Å². The first kappa shape index (κ1) is 18.3. The zero-order valence-electron chi connectivity index (χ0n) is 16.1. The number of likely N-dealkylation sites (tertiary alicyclic amines) is 1. The number of nitrogens with zero attached hydrogens (tertiary/aromatic N) is 4. The summed E-state index contributed by atoms with van der Waals surface area (Å²) in [6.07, 6.45) is 8.33. The van der Waals surface area contributed by atoms with E-state index in [0.29, 0.717) is 5.92 Å². The topological polar surface area (TPSA) is 63.2 Å². The predicted octanol–water partition coefficient (Wildman–Crippen LogP) is 3.53. The van der Waals surface area contributed by atoms with E-state index >= 15 is 0 Å². The molecule has 27 heavy (non-hydrogen) atoms. The highest BCUT2D eigenvalue weighted by molar-refractivity contribution is 5.55. The van der Waals surface area contributed by atoms with Crippen LogP contribution in [-0.4, -0.2) is 52.7 Å². The molecule has 2 aliphatic heterocycles. The van der Waals surface area contributed by atoms with E-state index in [4.69, 9.17) is 9.72 Å². The number of nitrogens with one attached hydrogen (secondary N) is 1. The summed E-state index contributed by atoms with van der Waals surface area (Å²) in [4.78, 5) is 16.4. The van der Waals surface area contributed by atoms with Gasteiger partial charge in [0.25, 0.3) is 0 Å². The minimum Gasteiger partial charge on any atom is -0.381 e. The molecule has 0 unspecified atom stereocenters. The molecule has 4 heterocycles. The van der Waals surface area contributed by atoms with Crippen molar-refractivity contribution in [2.45, 2.75) is 38.5 Å². The Morgan fingerprint density at radius 2 is 2.00 bits per heavy atom. The molecule has 0 radical (unpaired) electrons. The van der Waals surface area contributed by atoms with Gasteiger partial charge in [0.15, 0.2) is 5.82 Å². The summed E-state index contributed by atoms with van der Waals surface area (Å²) in [6, 6.07) is 5.98. The normalized spacial score (nSPS) is 21.9. The van der Waals surface area contributed by atoms with Gasteiger partial charge >= 0.3 is 0 Å². The standard InChI is InChI=1S/C21H29N5O/c1-16-4-2-6-19(24-16)25-21-20(22-9-10-23-21)18-5-3-11-26(15-18)14-17-7-12-27-13-8-17/h2,4,6,9-10,17-18H,3,5,7-8,11-15H2,1H3,(H,23,24,25)/t18-/m0/s1. The molecular formula is C21H29N5O. The first-order chi connectivity index (χ1) is 13.3. The predicted molar refractivity (Wildman–Crippen MR) is 106 cm³/mol. The van der Waals surface area contributed by atoms with Gasteiger partial charge in [0, 0.05) is 50.3 Å². The van der Waals surface area contributed by atoms with Gasteiger partial charge in [-0.05, 0) is 57.2 Å². The van der Waals surface area contributed by atoms with Crippen LogP contribution in [0.15, 0.2) is 30.6 Å². The van der Waals surface area contributed by atoms with E-state index in [1.807, 2.05) is 31.3 Å². The van der Waals surface area contributed by atoms with Crippen LogP contribution in [0, 0.1) is 12.8 Å². The summed E-state index contributed by atoms with van der Waals surface area (Å²) in [5, 5.41) is 3.39. The van der Waals surface area contributed by atoms with E-state index in [1.165, 1.54) is 38.8 Å². The molecule has 2 aromatic rings. The van der Waals surface area contributed by atoms with Crippen molar-refractivity contribution < 1.29 is 4.74 Å². The highest BCUT2D eigenvalue weighted by Gasteiger charge is 2.27. The molecular weight excluding hydrogens is 338 g/mol. The van der Waals surface area contributed by atoms with Crippen molar-refractivity contribution in [3.05, 3.63) is 42.0 Å². The summed E-state index contributed by atoms with van der Waals surface area (Å²) in [5.41, 5.74) is 2.06. The molecule has 0 amide bonds. The third-order valence-electron chi connectivity index (χ3n) is 5.61. The summed E-state index contributed by atoms with van der Waals surface area (Å²) in [7, 11) is 0. The molecule has 0 aliphatic carbocycles. The second kappa shape index (κ2) is 8.76. The molecule has 0 saturated carbocycles. The minimum absolute atomic E-state index is 0.416. The maximum absolute atomic E-state index is 5.51. The summed E-state index contributed by atoms with van der Waals surface area (Å²) < 4.78 is 5.51. The zero-order chi connectivity index (χ0) is 18.5. The van der Waals surface area contributed by atoms with Crippen LogP contribution in [0.1, 0.15) is 43.0 Å². The number of pyridine rings is 1. The SMILES string of the molecule is Cc1cccc(Nc2nccnc2[C@H]2CCCN(CC3CCOCC3)C2)n1. The second-order valence-electron chi connectivity index (χ2n) is 7.73. The van der Waals surface area contributed by atoms with Gasteiger partial charge in [0.1, 0.15) is 5.82 Å². The van der Waals surface area contributed by atoms with Crippen LogP contribution in [-0.2, 0) is 4.74 Å². The van der Waals surface area contributed by atoms with Gasteiger partial charge in [0.2, 0.25) is 0 Å². The molecule has 4 rings (SSSR count). The van der Waals surface area contributed by atoms with E-state index in [2.05, 4.69) is 20.2 Å². The van der Waals surface area contributed by atoms with Gasteiger partial charge in [-0.3, -0.25) is 4.98 Å². The van der Waals surface area contributed by atoms with Crippen LogP contribution in [0.2, 0.25) is 0 Å². The fraction of sp³-hybridized carbons (Fsp3) is 0.571. The number of ether oxygens (including phenoxy) is 1. The van der Waals surface area contributed by atoms with Gasteiger partial charge in [-0.25, -0.2) is 9.97 Å². The van der Waals surface area contributed by atoms with Crippen molar-refractivity contribution in [1.82, 2.24) is 19.9 Å². The van der Waals surface area contributed by atoms with Gasteiger partial charge in [-0.1, -0.05) is 6.07 Å². The Morgan fingerprint density at radius 3 is 2.85 bits per heavy atom. The lowest BCUT2D eigenvalue weighted by atomic mass is 9.92. The first-order valence-corrected chi connectivity index (χ1v) is 10.1. The van der Waals surface area contributed by atoms with E-state index < -0.39 is 0 Å². The minimum atomic E-state index is 0.416. The monoisotopic (exact) mass is 367 g/mol. The Hall–Kier alpha value is -2.05. The number of aromatic nitrogens is 3. The quantitative estimate of drug-likeness (QED) is 0.872. The zero-order valence-corrected chi connectivity index (χ0v) is 16.1. The number of rotatable bonds is 5. The van der Waals surface area contributed by atoms with Crippen molar-refractivity contribution in [3.8, 4) is 0 Å². The number of anilines is 2. The summed E-state index contributed by atoms with van der Waals surface area (Å²) in [6.45, 7) is 7.27. The maximum Gasteiger partial charge on any atom is 0.153 e. The van der Waals surface area contributed by atoms with Crippen LogP contribution in [0.4, 0.5) is 11.6 Å². The van der Waals surface area contributed by atoms with Gasteiger partial charge in [0.05, 0.1) is 5.69 Å². The molecule has 2 fully saturated rings. The van der Waals surface area contributed by atoms with E-state index in [-0.39, 0.29) is 0 Å². The average Bonchev–Trinajstić information content (AvgIpc) is 2.69. The Bertz CT molecular complexity index is 747. The molecule has 6 nitrogen and oxygen atoms in total. The van der Waals surface area contributed by atoms with Gasteiger partial charge in [-0.2, -0.15) is 0 Å². The Morgan fingerprint density at radius 1 is 1.15 bits per heavy atom. The molecule has 2 aliphatic rings. The Kier molecular flexibility index (Phi) is 5.94. The number of hydrogen-bond donors (Lipinski definition) is 1. The van der Waals surface area contributed by atoms with Crippen LogP contribution < -0.4 is 5.32 Å². The lowest BCUT2D eigenvalue weighted by molar-refractivity contribution is 0.0482. The first-order valence-electron chi connectivity index (χ1n) is 10.1. The highest BCUT2D eigenvalue weighted by atomic mass is 16.5. The second-order valence-corrected chi connectivity index (χ2v) is 7.73. The molecule has 0 bridgehead atoms. The lowest BCUT2D eigenvalue weighted by Gasteiger charge is -2.36. The third-order valence-corrected chi connectivity index (χ3v) is 5.61. The molecule has 1 N–H and O–H groups in total. The summed E-state index contributed by atoms with van der Waals surface area (Å²) >= 11 is 0. The highest BCUT2D eigenvalue weighted by Crippen LogP contribution is 2.31. The lowest BCUT2D eigenvalue weighted by Crippen LogP contribution is -2.39. The number of hydrogen-bond acceptors (Lipinski definition) is 6. The van der Waals surface area contributed by atoms with Crippen LogP contribution in [0.25, 0.3) is 0 Å². The van der Waals surface area contributed by atoms with Crippen molar-refractivity contribution >= 4 is 11.6 Å². The molecule has 2 aromatic heterocycles. The van der Waals surface area contributed by atoms with Crippen LogP contribution >= 0.6 is 0 Å². The Balaban J connectivity index is 1.45. The van der Waals surface area contributed by atoms with Crippen LogP contribution in [0.5, 0.6) is 0 Å². The van der Waals surface area contributed by atoms with E-state index in [1.54, 1.807) is 6.20 Å². The molecule has 0 aromatic carbocycles. The molecule has 2 saturated heterocycles. The van der Waals surface area contributed by atoms with Crippen molar-refractivity contribution in [2.75, 3.05) is 38.2 Å². The maximum atomic E-state index is 5.51. The number of aryl methyl sites for hydroxylation is 1. The summed E-state index contributed by atoms with van der Waals surface area (Å²) in [5.74, 6) is 2.85. The average molecular weight is 367 g/mol. The smallest absolute Gasteiger partial charge is 0.153 e. The van der Waals surface area contributed by atoms with Gasteiger partial charge in [-0.15, -0.1) is 0 Å². The molecule has 144 valence electrons. The van der Waals surface area contributed by atoms with E-state index in [9.17, 15) is 0 Å². The molecule has 1 atom stereocenters. The molecule has 6 heteroatoms. The van der Waals surface area contributed by atoms with Crippen molar-refractivity contribution in [2.24, 2.45) is 5.92 Å². The van der Waals surface area contributed by atoms with Gasteiger partial charge < -0.3 is 15.0 Å². The van der Waals surface area contributed by atoms with Crippen molar-refractivity contribution in [3.63, 3.8) is 0 Å². The number of piperidine rings is 1. The van der Waals surface area contributed by atoms with Crippen LogP contribution in [0.3, 0.4) is 0 Å². The fourth-order valence-corrected chi connectivity index (χ4v) is 4.22. The Labute approximate surface area is 161 Å².